The Bertz CT molecular complexity index is 1180. The van der Waals surface area contributed by atoms with E-state index in [1.165, 1.54) is 11.9 Å². The molecule has 0 radical (unpaired) electrons. The normalized spacial score (nSPS) is 15.3. The summed E-state index contributed by atoms with van der Waals surface area (Å²) in [6.07, 6.45) is -0.715. The van der Waals surface area contributed by atoms with E-state index in [1.54, 1.807) is 54.6 Å². The van der Waals surface area contributed by atoms with Gasteiger partial charge >= 0.3 is 0 Å². The van der Waals surface area contributed by atoms with E-state index in [1.807, 2.05) is 19.1 Å². The largest absolute Gasteiger partial charge is 0.445 e. The quantitative estimate of drug-likeness (QED) is 0.653. The molecule has 2 heterocycles. The van der Waals surface area contributed by atoms with Gasteiger partial charge in [-0.15, -0.1) is 5.10 Å². The number of benzene rings is 2. The zero-order chi connectivity index (χ0) is 22.0. The van der Waals surface area contributed by atoms with Crippen LogP contribution in [0.15, 0.2) is 71.8 Å². The number of hydrazone groups is 1. The van der Waals surface area contributed by atoms with Crippen molar-refractivity contribution in [3.05, 3.63) is 94.3 Å². The number of carbonyl (C=O) groups is 2. The van der Waals surface area contributed by atoms with Crippen molar-refractivity contribution >= 4 is 35.0 Å². The molecule has 7 nitrogen and oxygen atoms in total. The van der Waals surface area contributed by atoms with Crippen molar-refractivity contribution in [2.24, 2.45) is 5.10 Å². The van der Waals surface area contributed by atoms with Crippen LogP contribution < -0.4 is 5.32 Å². The molecule has 1 aliphatic rings. The van der Waals surface area contributed by atoms with Crippen LogP contribution in [-0.4, -0.2) is 27.7 Å². The maximum atomic E-state index is 12.4. The highest BCUT2D eigenvalue weighted by Crippen LogP contribution is 2.30. The van der Waals surface area contributed by atoms with Crippen LogP contribution in [-0.2, 0) is 9.53 Å². The fourth-order valence-electron chi connectivity index (χ4n) is 3.11. The molecule has 2 amide bonds. The predicted molar refractivity (Wildman–Crippen MR) is 118 cm³/mol. The van der Waals surface area contributed by atoms with Gasteiger partial charge in [-0.25, -0.2) is 4.98 Å². The summed E-state index contributed by atoms with van der Waals surface area (Å²) in [5, 5.41) is 8.90. The van der Waals surface area contributed by atoms with Crippen LogP contribution in [0.4, 0.5) is 5.69 Å². The van der Waals surface area contributed by atoms with Crippen molar-refractivity contribution in [1.29, 1.82) is 0 Å². The van der Waals surface area contributed by atoms with Gasteiger partial charge in [0.1, 0.15) is 5.69 Å². The van der Waals surface area contributed by atoms with E-state index in [2.05, 4.69) is 15.4 Å². The van der Waals surface area contributed by atoms with Gasteiger partial charge in [-0.05, 0) is 49.4 Å². The Morgan fingerprint density at radius 2 is 1.81 bits per heavy atom. The van der Waals surface area contributed by atoms with Crippen LogP contribution in [0.5, 0.6) is 0 Å². The molecule has 1 atom stereocenters. The van der Waals surface area contributed by atoms with Crippen molar-refractivity contribution in [3.63, 3.8) is 0 Å². The number of pyridine rings is 1. The summed E-state index contributed by atoms with van der Waals surface area (Å²) in [5.74, 6) is -0.248. The van der Waals surface area contributed by atoms with E-state index < -0.39 is 6.23 Å². The monoisotopic (exact) mass is 434 g/mol. The first-order valence-corrected chi connectivity index (χ1v) is 9.94. The highest BCUT2D eigenvalue weighted by atomic mass is 35.5. The first-order chi connectivity index (χ1) is 14.9. The number of carbonyl (C=O) groups excluding carboxylic acids is 2. The summed E-state index contributed by atoms with van der Waals surface area (Å²) in [6.45, 7) is 3.29. The molecule has 0 spiro atoms. The molecule has 1 aromatic heterocycles. The minimum absolute atomic E-state index is 0.258. The Morgan fingerprint density at radius 1 is 1.06 bits per heavy atom. The SMILES string of the molecule is CC(=O)N1N=C(c2cccc(C)n2)O[C@H]1c1ccc(NC(=O)c2cccc(Cl)c2)cc1. The van der Waals surface area contributed by atoms with Gasteiger partial charge < -0.3 is 10.1 Å². The molecule has 156 valence electrons. The summed E-state index contributed by atoms with van der Waals surface area (Å²) in [7, 11) is 0. The number of hydrogen-bond acceptors (Lipinski definition) is 5. The minimum Gasteiger partial charge on any atom is -0.445 e. The van der Waals surface area contributed by atoms with Crippen molar-refractivity contribution in [3.8, 4) is 0 Å². The van der Waals surface area contributed by atoms with Gasteiger partial charge in [0.15, 0.2) is 0 Å². The van der Waals surface area contributed by atoms with Gasteiger partial charge in [-0.3, -0.25) is 9.59 Å². The number of aryl methyl sites for hydroxylation is 1. The number of anilines is 1. The lowest BCUT2D eigenvalue weighted by Gasteiger charge is -2.19. The molecule has 4 rings (SSSR count). The Labute approximate surface area is 184 Å². The maximum Gasteiger partial charge on any atom is 0.259 e. The molecule has 3 aromatic rings. The second-order valence-electron chi connectivity index (χ2n) is 6.99. The maximum absolute atomic E-state index is 12.4. The van der Waals surface area contributed by atoms with Crippen LogP contribution in [0.2, 0.25) is 5.02 Å². The smallest absolute Gasteiger partial charge is 0.259 e. The number of nitrogens with one attached hydrogen (secondary N) is 1. The highest BCUT2D eigenvalue weighted by Gasteiger charge is 2.33. The van der Waals surface area contributed by atoms with Gasteiger partial charge in [-0.2, -0.15) is 5.01 Å². The number of aromatic nitrogens is 1. The molecule has 0 unspecified atom stereocenters. The van der Waals surface area contributed by atoms with E-state index in [0.717, 1.165) is 5.69 Å². The van der Waals surface area contributed by atoms with Crippen molar-refractivity contribution in [2.45, 2.75) is 20.1 Å². The van der Waals surface area contributed by atoms with Crippen molar-refractivity contribution < 1.29 is 14.3 Å². The minimum atomic E-state index is -0.715. The zero-order valence-electron chi connectivity index (χ0n) is 16.9. The number of hydrogen-bond donors (Lipinski definition) is 1. The van der Waals surface area contributed by atoms with Crippen LogP contribution in [0.1, 0.15) is 40.5 Å². The van der Waals surface area contributed by atoms with Gasteiger partial charge in [0.2, 0.25) is 12.1 Å². The molecule has 2 aromatic carbocycles. The van der Waals surface area contributed by atoms with Crippen LogP contribution in [0.25, 0.3) is 0 Å². The average Bonchev–Trinajstić information content (AvgIpc) is 3.20. The zero-order valence-corrected chi connectivity index (χ0v) is 17.6. The van der Waals surface area contributed by atoms with E-state index in [-0.39, 0.29) is 17.7 Å². The predicted octanol–water partition coefficient (Wildman–Crippen LogP) is 4.53. The van der Waals surface area contributed by atoms with E-state index in [4.69, 9.17) is 16.3 Å². The second-order valence-corrected chi connectivity index (χ2v) is 7.43. The van der Waals surface area contributed by atoms with E-state index >= 15 is 0 Å². The number of nitrogens with zero attached hydrogens (tertiary/aromatic N) is 3. The molecule has 0 saturated heterocycles. The third kappa shape index (κ3) is 4.57. The topological polar surface area (TPSA) is 83.9 Å². The van der Waals surface area contributed by atoms with E-state index in [0.29, 0.717) is 27.5 Å². The summed E-state index contributed by atoms with van der Waals surface area (Å²) in [5.41, 5.74) is 3.15. The molecule has 0 saturated carbocycles. The fraction of sp³-hybridized carbons (Fsp3) is 0.130. The number of amides is 2. The molecule has 31 heavy (non-hydrogen) atoms. The van der Waals surface area contributed by atoms with Crippen LogP contribution >= 0.6 is 11.6 Å². The van der Waals surface area contributed by atoms with Gasteiger partial charge in [0.05, 0.1) is 0 Å². The van der Waals surface area contributed by atoms with E-state index in [9.17, 15) is 9.59 Å². The molecular formula is C23H19ClN4O3. The average molecular weight is 435 g/mol. The summed E-state index contributed by atoms with van der Waals surface area (Å²) in [4.78, 5) is 28.9. The third-order valence-corrected chi connectivity index (χ3v) is 4.85. The Kier molecular flexibility index (Phi) is 5.68. The molecule has 8 heteroatoms. The molecule has 0 bridgehead atoms. The summed E-state index contributed by atoms with van der Waals surface area (Å²) < 4.78 is 5.96. The van der Waals surface area contributed by atoms with Crippen molar-refractivity contribution in [2.75, 3.05) is 5.32 Å². The summed E-state index contributed by atoms with van der Waals surface area (Å²) in [6, 6.07) is 19.2. The first kappa shape index (κ1) is 20.6. The Balaban J connectivity index is 1.51. The lowest BCUT2D eigenvalue weighted by molar-refractivity contribution is -0.135. The third-order valence-electron chi connectivity index (χ3n) is 4.61. The molecular weight excluding hydrogens is 416 g/mol. The number of ether oxygens (including phenoxy) is 1. The highest BCUT2D eigenvalue weighted by molar-refractivity contribution is 6.31. The standard InChI is InChI=1S/C23H19ClN4O3/c1-14-5-3-8-20(25-14)22-27-28(15(2)29)23(31-22)16-9-11-19(12-10-16)26-21(30)17-6-4-7-18(24)13-17/h3-13,23H,1-2H3,(H,26,30)/t23-/m0/s1. The fourth-order valence-corrected chi connectivity index (χ4v) is 3.30. The number of rotatable bonds is 4. The lowest BCUT2D eigenvalue weighted by Crippen LogP contribution is -2.25. The van der Waals surface area contributed by atoms with Crippen LogP contribution in [0, 0.1) is 6.92 Å². The summed E-state index contributed by atoms with van der Waals surface area (Å²) >= 11 is 5.95. The Hall–Kier alpha value is -3.71. The van der Waals surface area contributed by atoms with Gasteiger partial charge in [0.25, 0.3) is 11.8 Å². The van der Waals surface area contributed by atoms with Gasteiger partial charge in [0, 0.05) is 34.5 Å². The van der Waals surface area contributed by atoms with Crippen molar-refractivity contribution in [1.82, 2.24) is 9.99 Å². The number of halogens is 1. The molecule has 0 aliphatic carbocycles. The van der Waals surface area contributed by atoms with Crippen LogP contribution in [0.3, 0.4) is 0 Å². The second kappa shape index (κ2) is 8.57. The molecule has 1 aliphatic heterocycles. The lowest BCUT2D eigenvalue weighted by atomic mass is 10.1. The first-order valence-electron chi connectivity index (χ1n) is 9.57. The molecule has 0 fully saturated rings. The molecule has 1 N–H and O–H groups in total. The Morgan fingerprint density at radius 3 is 2.48 bits per heavy atom. The van der Waals surface area contributed by atoms with Gasteiger partial charge in [-0.1, -0.05) is 35.9 Å².